The summed E-state index contributed by atoms with van der Waals surface area (Å²) < 4.78 is 17.1. The number of aromatic nitrogens is 4. The van der Waals surface area contributed by atoms with Crippen molar-refractivity contribution in [2.45, 2.75) is 62.6 Å². The summed E-state index contributed by atoms with van der Waals surface area (Å²) in [6.45, 7) is 2.15. The molecule has 0 aliphatic carbocycles. The Morgan fingerprint density at radius 1 is 0.742 bits per heavy atom. The minimum absolute atomic E-state index is 0.0405. The van der Waals surface area contributed by atoms with Gasteiger partial charge in [0.15, 0.2) is 0 Å². The van der Waals surface area contributed by atoms with Crippen molar-refractivity contribution in [1.82, 2.24) is 35.1 Å². The van der Waals surface area contributed by atoms with Crippen molar-refractivity contribution < 1.29 is 28.6 Å². The van der Waals surface area contributed by atoms with Gasteiger partial charge < -0.3 is 39.3 Å². The Kier molecular flexibility index (Phi) is 12.1. The van der Waals surface area contributed by atoms with Crippen LogP contribution in [0.2, 0.25) is 0 Å². The molecule has 318 valence electrons. The molecule has 2 aromatic heterocycles. The third-order valence-electron chi connectivity index (χ3n) is 12.2. The van der Waals surface area contributed by atoms with Crippen molar-refractivity contribution in [1.29, 1.82) is 0 Å². The summed E-state index contributed by atoms with van der Waals surface area (Å²) >= 11 is 0. The van der Waals surface area contributed by atoms with E-state index in [9.17, 15) is 14.4 Å². The van der Waals surface area contributed by atoms with E-state index in [1.54, 1.807) is 11.1 Å². The number of likely N-dealkylation sites (tertiary alicyclic amines) is 1. The zero-order valence-corrected chi connectivity index (χ0v) is 34.8. The first-order chi connectivity index (χ1) is 30.4. The third-order valence-corrected chi connectivity index (χ3v) is 12.2. The van der Waals surface area contributed by atoms with Crippen LogP contribution >= 0.6 is 0 Å². The van der Waals surface area contributed by atoms with Gasteiger partial charge in [0.05, 0.1) is 62.1 Å². The van der Waals surface area contributed by atoms with E-state index in [2.05, 4.69) is 51.7 Å². The summed E-state index contributed by atoms with van der Waals surface area (Å²) in [4.78, 5) is 60.6. The monoisotopic (exact) mass is 833 g/mol. The molecule has 4 aromatic carbocycles. The number of nitrogens with one attached hydrogen (secondary N) is 3. The second-order valence-corrected chi connectivity index (χ2v) is 16.1. The number of hydrogen-bond acceptors (Lipinski definition) is 8. The second-order valence-electron chi connectivity index (χ2n) is 16.1. The molecule has 3 amide bonds. The molecular formula is C49H51N7O6. The number of methoxy groups -OCH3 is 1. The van der Waals surface area contributed by atoms with E-state index in [4.69, 9.17) is 24.2 Å². The Morgan fingerprint density at radius 2 is 1.37 bits per heavy atom. The van der Waals surface area contributed by atoms with Crippen LogP contribution in [0.4, 0.5) is 4.79 Å². The number of imidazole rings is 2. The predicted molar refractivity (Wildman–Crippen MR) is 234 cm³/mol. The van der Waals surface area contributed by atoms with Gasteiger partial charge >= 0.3 is 6.09 Å². The molecule has 0 saturated carbocycles. The molecule has 6 aromatic rings. The molecule has 62 heavy (non-hydrogen) atoms. The van der Waals surface area contributed by atoms with Gasteiger partial charge in [-0.3, -0.25) is 9.59 Å². The Labute approximate surface area is 360 Å². The van der Waals surface area contributed by atoms with Crippen LogP contribution in [0, 0.1) is 0 Å². The van der Waals surface area contributed by atoms with Crippen LogP contribution in [0.15, 0.2) is 116 Å². The summed E-state index contributed by atoms with van der Waals surface area (Å²) in [7, 11) is 1.28. The molecule has 0 unspecified atom stereocenters. The van der Waals surface area contributed by atoms with Crippen molar-refractivity contribution in [3.05, 3.63) is 138 Å². The van der Waals surface area contributed by atoms with Crippen molar-refractivity contribution in [2.75, 3.05) is 40.0 Å². The van der Waals surface area contributed by atoms with E-state index >= 15 is 0 Å². The molecule has 5 heterocycles. The highest BCUT2D eigenvalue weighted by Gasteiger charge is 2.38. The van der Waals surface area contributed by atoms with Crippen LogP contribution in [-0.4, -0.2) is 93.7 Å². The highest BCUT2D eigenvalue weighted by atomic mass is 16.5. The number of alkyl carbamates (subject to hydrolysis) is 1. The number of fused-ring (bicyclic) bond motifs is 6. The van der Waals surface area contributed by atoms with Crippen molar-refractivity contribution in [3.8, 4) is 39.4 Å². The number of nitrogens with zero attached hydrogens (tertiary/aromatic N) is 4. The molecule has 0 spiro atoms. The number of amides is 3. The predicted octanol–water partition coefficient (Wildman–Crippen LogP) is 8.21. The first-order valence-electron chi connectivity index (χ1n) is 21.6. The van der Waals surface area contributed by atoms with E-state index in [1.807, 2.05) is 77.8 Å². The lowest BCUT2D eigenvalue weighted by atomic mass is 9.90. The molecule has 2 bridgehead atoms. The van der Waals surface area contributed by atoms with Crippen LogP contribution < -0.4 is 10.1 Å². The van der Waals surface area contributed by atoms with Gasteiger partial charge in [-0.2, -0.15) is 0 Å². The van der Waals surface area contributed by atoms with Crippen LogP contribution in [0.5, 0.6) is 5.75 Å². The smallest absolute Gasteiger partial charge is 0.407 e. The van der Waals surface area contributed by atoms with Crippen LogP contribution in [-0.2, 0) is 19.1 Å². The summed E-state index contributed by atoms with van der Waals surface area (Å²) in [6, 6.07) is 33.3. The van der Waals surface area contributed by atoms with Crippen LogP contribution in [0.1, 0.15) is 79.3 Å². The SMILES string of the molecule is COC(=O)N[C@H]1COCCCCOc2cc(-c3ccc(-c4cnc([C@@H]5CCCN5C(=O)C(c5ccccc5)c5ccccc5)[nH]4)cc3)ccc2-c2cnc([nH]2)[C@@H]2CCCN2C1=O. The zero-order valence-electron chi connectivity index (χ0n) is 34.8. The van der Waals surface area contributed by atoms with Crippen molar-refractivity contribution >= 4 is 17.9 Å². The van der Waals surface area contributed by atoms with E-state index in [-0.39, 0.29) is 30.5 Å². The van der Waals surface area contributed by atoms with Crippen LogP contribution in [0.25, 0.3) is 33.6 Å². The highest BCUT2D eigenvalue weighted by molar-refractivity contribution is 5.88. The van der Waals surface area contributed by atoms with Crippen molar-refractivity contribution in [3.63, 3.8) is 0 Å². The minimum atomic E-state index is -0.870. The number of rotatable bonds is 7. The number of carbonyl (C=O) groups excluding carboxylic acids is 3. The summed E-state index contributed by atoms with van der Waals surface area (Å²) in [5.74, 6) is 1.68. The fourth-order valence-electron chi connectivity index (χ4n) is 9.01. The van der Waals surface area contributed by atoms with Gasteiger partial charge in [-0.1, -0.05) is 91.0 Å². The first kappa shape index (κ1) is 40.7. The average Bonchev–Trinajstić information content (AvgIpc) is 4.16. The van der Waals surface area contributed by atoms with Gasteiger partial charge in [0, 0.05) is 25.3 Å². The molecule has 13 heteroatoms. The number of ether oxygens (including phenoxy) is 3. The molecule has 13 nitrogen and oxygen atoms in total. The van der Waals surface area contributed by atoms with E-state index < -0.39 is 18.1 Å². The standard InChI is InChI=1S/C49H51N7O6/c1-60-49(59)54-40-31-61-26-8-9-27-62-43-28-36(22-23-37(43)39-30-51-46(53-39)41-16-10-24-55(41)47(40)57)32-18-20-33(21-19-32)38-29-50-45(52-38)42-17-11-25-56(42)48(58)44(34-12-4-2-5-13-34)35-14-6-3-7-15-35/h2-7,12-15,18-23,28-30,40-42,44H,8-11,16-17,24-27,31H2,1H3,(H,50,52)(H,51,53)(H,54,59)/t40-,41-,42-/m0/s1. The Hall–Kier alpha value is -6.73. The van der Waals surface area contributed by atoms with Gasteiger partial charge in [-0.25, -0.2) is 14.8 Å². The number of aromatic amines is 2. The van der Waals surface area contributed by atoms with Gasteiger partial charge in [0.2, 0.25) is 11.8 Å². The lowest BCUT2D eigenvalue weighted by Gasteiger charge is -2.28. The highest BCUT2D eigenvalue weighted by Crippen LogP contribution is 2.39. The molecule has 9 rings (SSSR count). The van der Waals surface area contributed by atoms with Gasteiger partial charge in [-0.05, 0) is 78.5 Å². The molecule has 2 fully saturated rings. The summed E-state index contributed by atoms with van der Waals surface area (Å²) in [6.07, 6.45) is 7.73. The molecule has 0 radical (unpaired) electrons. The fourth-order valence-corrected chi connectivity index (χ4v) is 9.01. The van der Waals surface area contributed by atoms with Gasteiger partial charge in [0.25, 0.3) is 0 Å². The Morgan fingerprint density at radius 3 is 2.11 bits per heavy atom. The largest absolute Gasteiger partial charge is 0.493 e. The Balaban J connectivity index is 0.931. The minimum Gasteiger partial charge on any atom is -0.493 e. The maximum atomic E-state index is 14.4. The van der Waals surface area contributed by atoms with Gasteiger partial charge in [-0.15, -0.1) is 0 Å². The molecular weight excluding hydrogens is 783 g/mol. The van der Waals surface area contributed by atoms with E-state index in [1.165, 1.54) is 7.11 Å². The van der Waals surface area contributed by atoms with Crippen LogP contribution in [0.3, 0.4) is 0 Å². The summed E-state index contributed by atoms with van der Waals surface area (Å²) in [5.41, 5.74) is 7.55. The Bertz CT molecular complexity index is 2450. The van der Waals surface area contributed by atoms with Crippen molar-refractivity contribution in [2.24, 2.45) is 0 Å². The molecule has 3 aliphatic heterocycles. The first-order valence-corrected chi connectivity index (χ1v) is 21.6. The number of hydrogen-bond donors (Lipinski definition) is 3. The molecule has 3 aliphatic rings. The lowest BCUT2D eigenvalue weighted by Crippen LogP contribution is -2.50. The maximum absolute atomic E-state index is 14.4. The lowest BCUT2D eigenvalue weighted by molar-refractivity contribution is -0.136. The maximum Gasteiger partial charge on any atom is 0.407 e. The number of carbonyl (C=O) groups is 3. The topological polar surface area (TPSA) is 155 Å². The summed E-state index contributed by atoms with van der Waals surface area (Å²) in [5, 5.41) is 2.66. The number of H-pyrrole nitrogens is 2. The zero-order chi connectivity index (χ0) is 42.4. The molecule has 3 atom stereocenters. The quantitative estimate of drug-likeness (QED) is 0.146. The van der Waals surface area contributed by atoms with E-state index in [0.717, 1.165) is 88.4 Å². The molecule has 2 saturated heterocycles. The normalized spacial score (nSPS) is 19.5. The average molecular weight is 834 g/mol. The third kappa shape index (κ3) is 8.58. The molecule has 3 N–H and O–H groups in total. The second kappa shape index (κ2) is 18.5. The number of benzene rings is 4. The van der Waals surface area contributed by atoms with E-state index in [0.29, 0.717) is 38.5 Å². The fraction of sp³-hybridized carbons (Fsp3) is 0.327. The van der Waals surface area contributed by atoms with Gasteiger partial charge in [0.1, 0.15) is 23.4 Å².